The highest BCUT2D eigenvalue weighted by Crippen LogP contribution is 2.37. The number of carbonyl (C=O) groups is 1. The van der Waals surface area contributed by atoms with Gasteiger partial charge in [-0.1, -0.05) is 30.3 Å². The fourth-order valence-electron chi connectivity index (χ4n) is 3.06. The predicted octanol–water partition coefficient (Wildman–Crippen LogP) is 5.08. The summed E-state index contributed by atoms with van der Waals surface area (Å²) in [6.07, 6.45) is -9.81. The van der Waals surface area contributed by atoms with Gasteiger partial charge in [-0.15, -0.1) is 0 Å². The van der Waals surface area contributed by atoms with Crippen LogP contribution in [0.3, 0.4) is 0 Å². The van der Waals surface area contributed by atoms with Crippen molar-refractivity contribution in [1.29, 1.82) is 0 Å². The summed E-state index contributed by atoms with van der Waals surface area (Å²) in [6, 6.07) is 10.8. The topological polar surface area (TPSA) is 64.3 Å². The number of nitrogens with two attached hydrogens (primary N) is 1. The van der Waals surface area contributed by atoms with Gasteiger partial charge >= 0.3 is 12.4 Å². The zero-order valence-corrected chi connectivity index (χ0v) is 17.3. The van der Waals surface area contributed by atoms with Crippen molar-refractivity contribution in [3.8, 4) is 0 Å². The second kappa shape index (κ2) is 10.8. The van der Waals surface area contributed by atoms with E-state index in [9.17, 15) is 31.1 Å². The van der Waals surface area contributed by atoms with Crippen molar-refractivity contribution in [1.82, 2.24) is 5.32 Å². The highest BCUT2D eigenvalue weighted by atomic mass is 19.4. The molecule has 2 aromatic carbocycles. The SMILES string of the molecule is C[C@@H](OCNC[C@H](CCc1ccccc1)C(N)=O)c1cc(C(F)(F)F)cc(C(F)(F)F)c1. The first-order valence-corrected chi connectivity index (χ1v) is 9.83. The quantitative estimate of drug-likeness (QED) is 0.294. The summed E-state index contributed by atoms with van der Waals surface area (Å²) in [6.45, 7) is 1.32. The number of benzene rings is 2. The standard InChI is InChI=1S/C22H24F6N2O2/c1-14(17-9-18(21(23,24)25)11-19(10-17)22(26,27)28)32-13-30-12-16(20(29)31)8-7-15-5-3-2-4-6-15/h2-6,9-11,14,16,30H,7-8,12-13H2,1H3,(H2,29,31)/t14-,16+/m1/s1. The van der Waals surface area contributed by atoms with E-state index in [0.717, 1.165) is 5.56 Å². The number of amides is 1. The van der Waals surface area contributed by atoms with Crippen LogP contribution in [0.4, 0.5) is 26.3 Å². The summed E-state index contributed by atoms with van der Waals surface area (Å²) in [7, 11) is 0. The highest BCUT2D eigenvalue weighted by Gasteiger charge is 2.37. The summed E-state index contributed by atoms with van der Waals surface area (Å²) < 4.78 is 83.4. The van der Waals surface area contributed by atoms with Crippen molar-refractivity contribution >= 4 is 5.91 Å². The van der Waals surface area contributed by atoms with Gasteiger partial charge in [0.25, 0.3) is 0 Å². The van der Waals surface area contributed by atoms with E-state index in [-0.39, 0.29) is 24.9 Å². The predicted molar refractivity (Wildman–Crippen MR) is 106 cm³/mol. The van der Waals surface area contributed by atoms with Gasteiger partial charge in [-0.2, -0.15) is 26.3 Å². The van der Waals surface area contributed by atoms with E-state index >= 15 is 0 Å². The van der Waals surface area contributed by atoms with Crippen LogP contribution in [0.5, 0.6) is 0 Å². The lowest BCUT2D eigenvalue weighted by Gasteiger charge is -2.19. The van der Waals surface area contributed by atoms with Crippen LogP contribution >= 0.6 is 0 Å². The number of rotatable bonds is 10. The average molecular weight is 462 g/mol. The molecule has 0 aromatic heterocycles. The molecule has 0 aliphatic carbocycles. The van der Waals surface area contributed by atoms with Gasteiger partial charge in [-0.05, 0) is 49.1 Å². The van der Waals surface area contributed by atoms with E-state index in [1.807, 2.05) is 30.3 Å². The molecular formula is C22H24F6N2O2. The summed E-state index contributed by atoms with van der Waals surface area (Å²) >= 11 is 0. The summed E-state index contributed by atoms with van der Waals surface area (Å²) in [5.74, 6) is -1.03. The number of ether oxygens (including phenoxy) is 1. The van der Waals surface area contributed by atoms with Gasteiger partial charge in [0.15, 0.2) is 0 Å². The number of primary amides is 1. The van der Waals surface area contributed by atoms with Crippen molar-refractivity contribution in [2.45, 2.75) is 38.2 Å². The molecule has 0 radical (unpaired) electrons. The first kappa shape index (κ1) is 25.7. The molecule has 0 aliphatic heterocycles. The molecule has 10 heteroatoms. The second-order valence-corrected chi connectivity index (χ2v) is 7.37. The van der Waals surface area contributed by atoms with E-state index in [4.69, 9.17) is 10.5 Å². The molecule has 0 saturated heterocycles. The number of aryl methyl sites for hydroxylation is 1. The Morgan fingerprint density at radius 2 is 1.56 bits per heavy atom. The van der Waals surface area contributed by atoms with E-state index < -0.39 is 41.4 Å². The third-order valence-corrected chi connectivity index (χ3v) is 4.93. The molecule has 0 unspecified atom stereocenters. The Bertz CT molecular complexity index is 852. The van der Waals surface area contributed by atoms with Gasteiger partial charge in [-0.3, -0.25) is 10.1 Å². The number of halogens is 6. The molecule has 176 valence electrons. The molecule has 32 heavy (non-hydrogen) atoms. The number of hydrogen-bond acceptors (Lipinski definition) is 3. The summed E-state index contributed by atoms with van der Waals surface area (Å²) in [4.78, 5) is 11.7. The highest BCUT2D eigenvalue weighted by molar-refractivity contribution is 5.76. The van der Waals surface area contributed by atoms with Gasteiger partial charge in [-0.25, -0.2) is 0 Å². The normalized spacial score (nSPS) is 14.2. The van der Waals surface area contributed by atoms with E-state index in [2.05, 4.69) is 5.32 Å². The molecule has 2 atom stereocenters. The second-order valence-electron chi connectivity index (χ2n) is 7.37. The lowest BCUT2D eigenvalue weighted by Crippen LogP contribution is -2.34. The molecule has 2 rings (SSSR count). The zero-order valence-electron chi connectivity index (χ0n) is 17.3. The lowest BCUT2D eigenvalue weighted by molar-refractivity contribution is -0.143. The van der Waals surface area contributed by atoms with Gasteiger partial charge in [0.05, 0.1) is 29.9 Å². The van der Waals surface area contributed by atoms with Gasteiger partial charge in [0.2, 0.25) is 5.91 Å². The molecule has 4 nitrogen and oxygen atoms in total. The minimum absolute atomic E-state index is 0.0681. The molecule has 0 heterocycles. The summed E-state index contributed by atoms with van der Waals surface area (Å²) in [5, 5.41) is 2.83. The van der Waals surface area contributed by atoms with Crippen LogP contribution in [0.1, 0.15) is 41.7 Å². The van der Waals surface area contributed by atoms with E-state index in [1.165, 1.54) is 6.92 Å². The van der Waals surface area contributed by atoms with Crippen LogP contribution < -0.4 is 11.1 Å². The fraction of sp³-hybridized carbons (Fsp3) is 0.409. The number of hydrogen-bond donors (Lipinski definition) is 2. The fourth-order valence-corrected chi connectivity index (χ4v) is 3.06. The monoisotopic (exact) mass is 462 g/mol. The molecule has 0 bridgehead atoms. The van der Waals surface area contributed by atoms with Crippen molar-refractivity contribution < 1.29 is 35.9 Å². The summed E-state index contributed by atoms with van der Waals surface area (Å²) in [5.41, 5.74) is 3.39. The van der Waals surface area contributed by atoms with Gasteiger partial charge in [0, 0.05) is 6.54 Å². The molecule has 0 fully saturated rings. The molecule has 2 aromatic rings. The molecule has 1 amide bonds. The van der Waals surface area contributed by atoms with Gasteiger partial charge < -0.3 is 10.5 Å². The maximum Gasteiger partial charge on any atom is 0.416 e. The van der Waals surface area contributed by atoms with Crippen molar-refractivity contribution in [3.63, 3.8) is 0 Å². The van der Waals surface area contributed by atoms with E-state index in [1.54, 1.807) is 0 Å². The number of alkyl halides is 6. The third kappa shape index (κ3) is 7.83. The first-order valence-electron chi connectivity index (χ1n) is 9.83. The Morgan fingerprint density at radius 1 is 1.00 bits per heavy atom. The molecular weight excluding hydrogens is 438 g/mol. The van der Waals surface area contributed by atoms with E-state index in [0.29, 0.717) is 25.0 Å². The zero-order chi connectivity index (χ0) is 23.9. The Hall–Kier alpha value is -2.59. The minimum atomic E-state index is -4.93. The van der Waals surface area contributed by atoms with Crippen molar-refractivity contribution in [3.05, 3.63) is 70.8 Å². The van der Waals surface area contributed by atoms with Crippen LogP contribution in [0.25, 0.3) is 0 Å². The smallest absolute Gasteiger partial charge is 0.369 e. The maximum absolute atomic E-state index is 13.0. The van der Waals surface area contributed by atoms with Crippen molar-refractivity contribution in [2.75, 3.05) is 13.3 Å². The van der Waals surface area contributed by atoms with Crippen LogP contribution in [0.15, 0.2) is 48.5 Å². The van der Waals surface area contributed by atoms with Crippen LogP contribution in [0, 0.1) is 5.92 Å². The largest absolute Gasteiger partial charge is 0.416 e. The van der Waals surface area contributed by atoms with Crippen LogP contribution in [-0.4, -0.2) is 19.2 Å². The van der Waals surface area contributed by atoms with Crippen molar-refractivity contribution in [2.24, 2.45) is 11.7 Å². The molecule has 0 aliphatic rings. The Kier molecular flexibility index (Phi) is 8.68. The molecule has 0 spiro atoms. The number of nitrogens with one attached hydrogen (secondary N) is 1. The molecule has 0 saturated carbocycles. The Balaban J connectivity index is 1.95. The average Bonchev–Trinajstić information content (AvgIpc) is 2.71. The van der Waals surface area contributed by atoms with Crippen LogP contribution in [0.2, 0.25) is 0 Å². The minimum Gasteiger partial charge on any atom is -0.369 e. The van der Waals surface area contributed by atoms with Gasteiger partial charge in [0.1, 0.15) is 0 Å². The first-order chi connectivity index (χ1) is 14.9. The number of carbonyl (C=O) groups excluding carboxylic acids is 1. The lowest BCUT2D eigenvalue weighted by atomic mass is 9.99. The Labute approximate surface area is 181 Å². The third-order valence-electron chi connectivity index (χ3n) is 4.93. The maximum atomic E-state index is 13.0. The molecule has 3 N–H and O–H groups in total. The Morgan fingerprint density at radius 3 is 2.06 bits per heavy atom. The van der Waals surface area contributed by atoms with Crippen LogP contribution in [-0.2, 0) is 28.3 Å².